The van der Waals surface area contributed by atoms with Gasteiger partial charge in [-0.3, -0.25) is 4.79 Å². The molecule has 0 bridgehead atoms. The average Bonchev–Trinajstić information content (AvgIpc) is 2.28. The van der Waals surface area contributed by atoms with Crippen LogP contribution in [0.25, 0.3) is 0 Å². The van der Waals surface area contributed by atoms with E-state index in [0.717, 1.165) is 0 Å². The number of carbonyl (C=O) groups excluding carboxylic acids is 2. The van der Waals surface area contributed by atoms with Crippen molar-refractivity contribution in [2.75, 3.05) is 14.2 Å². The lowest BCUT2D eigenvalue weighted by atomic mass is 10.0. The summed E-state index contributed by atoms with van der Waals surface area (Å²) >= 11 is 0. The first kappa shape index (κ1) is 11.2. The summed E-state index contributed by atoms with van der Waals surface area (Å²) in [6.07, 6.45) is 0.661. The highest BCUT2D eigenvalue weighted by Crippen LogP contribution is 2.23. The molecular formula is C11H12O4. The number of methoxy groups -OCH3 is 2. The molecule has 0 fully saturated rings. The van der Waals surface area contributed by atoms with Crippen LogP contribution in [0.5, 0.6) is 5.75 Å². The second-order valence-electron chi connectivity index (χ2n) is 3.01. The van der Waals surface area contributed by atoms with Crippen molar-refractivity contribution >= 4 is 12.3 Å². The fourth-order valence-electron chi connectivity index (χ4n) is 1.31. The first-order valence-electron chi connectivity index (χ1n) is 4.36. The van der Waals surface area contributed by atoms with E-state index in [2.05, 4.69) is 4.74 Å². The van der Waals surface area contributed by atoms with Crippen LogP contribution in [0.1, 0.15) is 26.3 Å². The summed E-state index contributed by atoms with van der Waals surface area (Å²) in [5.41, 5.74) is 1.40. The third-order valence-corrected chi connectivity index (χ3v) is 2.14. The molecule has 4 heteroatoms. The van der Waals surface area contributed by atoms with E-state index in [-0.39, 0.29) is 0 Å². The second-order valence-corrected chi connectivity index (χ2v) is 3.01. The number of hydrogen-bond donors (Lipinski definition) is 0. The van der Waals surface area contributed by atoms with Gasteiger partial charge in [-0.2, -0.15) is 0 Å². The molecule has 1 rings (SSSR count). The van der Waals surface area contributed by atoms with Crippen LogP contribution in [0, 0.1) is 6.92 Å². The van der Waals surface area contributed by atoms with E-state index in [4.69, 9.17) is 4.74 Å². The van der Waals surface area contributed by atoms with Gasteiger partial charge in [0.05, 0.1) is 19.8 Å². The normalized spacial score (nSPS) is 9.53. The lowest BCUT2D eigenvalue weighted by molar-refractivity contribution is 0.0599. The van der Waals surface area contributed by atoms with Gasteiger partial charge in [0.15, 0.2) is 0 Å². The quantitative estimate of drug-likeness (QED) is 0.559. The van der Waals surface area contributed by atoms with Crippen molar-refractivity contribution < 1.29 is 19.1 Å². The molecule has 0 aliphatic carbocycles. The Hall–Kier alpha value is -1.84. The van der Waals surface area contributed by atoms with E-state index in [0.29, 0.717) is 28.7 Å². The SMILES string of the molecule is COC(=O)c1cc(C=O)cc(OC)c1C. The Kier molecular flexibility index (Phi) is 3.44. The molecule has 0 radical (unpaired) electrons. The molecule has 1 aromatic rings. The van der Waals surface area contributed by atoms with Crippen molar-refractivity contribution in [3.63, 3.8) is 0 Å². The monoisotopic (exact) mass is 208 g/mol. The molecule has 0 saturated heterocycles. The Morgan fingerprint density at radius 3 is 2.47 bits per heavy atom. The van der Waals surface area contributed by atoms with Gasteiger partial charge in [0.1, 0.15) is 12.0 Å². The van der Waals surface area contributed by atoms with E-state index >= 15 is 0 Å². The first-order valence-corrected chi connectivity index (χ1v) is 4.36. The minimum Gasteiger partial charge on any atom is -0.496 e. The third-order valence-electron chi connectivity index (χ3n) is 2.14. The number of carbonyl (C=O) groups is 2. The molecule has 0 N–H and O–H groups in total. The minimum absolute atomic E-state index is 0.346. The molecule has 1 aromatic carbocycles. The van der Waals surface area contributed by atoms with Crippen LogP contribution in [0.15, 0.2) is 12.1 Å². The smallest absolute Gasteiger partial charge is 0.338 e. The summed E-state index contributed by atoms with van der Waals surface area (Å²) in [5, 5.41) is 0. The largest absolute Gasteiger partial charge is 0.496 e. The topological polar surface area (TPSA) is 52.6 Å². The molecule has 4 nitrogen and oxygen atoms in total. The van der Waals surface area contributed by atoms with Gasteiger partial charge in [0.25, 0.3) is 0 Å². The standard InChI is InChI=1S/C11H12O4/c1-7-9(11(13)15-3)4-8(6-12)5-10(7)14-2/h4-6H,1-3H3. The van der Waals surface area contributed by atoms with Gasteiger partial charge in [-0.15, -0.1) is 0 Å². The van der Waals surface area contributed by atoms with Gasteiger partial charge in [0.2, 0.25) is 0 Å². The van der Waals surface area contributed by atoms with Gasteiger partial charge < -0.3 is 9.47 Å². The van der Waals surface area contributed by atoms with Gasteiger partial charge in [0, 0.05) is 11.1 Å². The molecule has 0 spiro atoms. The maximum atomic E-state index is 11.4. The van der Waals surface area contributed by atoms with Crippen molar-refractivity contribution in [2.24, 2.45) is 0 Å². The number of ether oxygens (including phenoxy) is 2. The Balaban J connectivity index is 3.36. The molecule has 0 atom stereocenters. The molecule has 80 valence electrons. The van der Waals surface area contributed by atoms with Gasteiger partial charge >= 0.3 is 5.97 Å². The fraction of sp³-hybridized carbons (Fsp3) is 0.273. The van der Waals surface area contributed by atoms with Crippen LogP contribution in [-0.2, 0) is 4.74 Å². The van der Waals surface area contributed by atoms with Crippen LogP contribution >= 0.6 is 0 Å². The van der Waals surface area contributed by atoms with E-state index < -0.39 is 5.97 Å². The Morgan fingerprint density at radius 1 is 1.33 bits per heavy atom. The predicted molar refractivity (Wildman–Crippen MR) is 54.5 cm³/mol. The molecule has 0 aliphatic rings. The molecule has 0 heterocycles. The Labute approximate surface area is 87.8 Å². The number of hydrogen-bond acceptors (Lipinski definition) is 4. The highest BCUT2D eigenvalue weighted by atomic mass is 16.5. The average molecular weight is 208 g/mol. The van der Waals surface area contributed by atoms with Crippen LogP contribution in [0.2, 0.25) is 0 Å². The third kappa shape index (κ3) is 2.15. The fourth-order valence-corrected chi connectivity index (χ4v) is 1.31. The van der Waals surface area contributed by atoms with Crippen LogP contribution in [0.4, 0.5) is 0 Å². The zero-order chi connectivity index (χ0) is 11.4. The van der Waals surface area contributed by atoms with E-state index in [1.165, 1.54) is 20.3 Å². The van der Waals surface area contributed by atoms with Gasteiger partial charge in [-0.25, -0.2) is 4.79 Å². The molecule has 15 heavy (non-hydrogen) atoms. The maximum Gasteiger partial charge on any atom is 0.338 e. The van der Waals surface area contributed by atoms with Crippen LogP contribution in [0.3, 0.4) is 0 Å². The number of esters is 1. The number of aldehydes is 1. The lowest BCUT2D eigenvalue weighted by Gasteiger charge is -2.09. The van der Waals surface area contributed by atoms with Crippen molar-refractivity contribution in [3.05, 3.63) is 28.8 Å². The van der Waals surface area contributed by atoms with Crippen molar-refractivity contribution in [1.29, 1.82) is 0 Å². The highest BCUT2D eigenvalue weighted by Gasteiger charge is 2.14. The Bertz CT molecular complexity index is 396. The summed E-state index contributed by atoms with van der Waals surface area (Å²) < 4.78 is 9.66. The van der Waals surface area contributed by atoms with Crippen molar-refractivity contribution in [3.8, 4) is 5.75 Å². The maximum absolute atomic E-state index is 11.4. The number of benzene rings is 1. The van der Waals surface area contributed by atoms with E-state index in [9.17, 15) is 9.59 Å². The summed E-state index contributed by atoms with van der Waals surface area (Å²) in [6.45, 7) is 1.74. The molecule has 0 saturated carbocycles. The zero-order valence-electron chi connectivity index (χ0n) is 8.87. The van der Waals surface area contributed by atoms with Crippen molar-refractivity contribution in [1.82, 2.24) is 0 Å². The molecule has 0 aliphatic heterocycles. The summed E-state index contributed by atoms with van der Waals surface area (Å²) in [7, 11) is 2.78. The summed E-state index contributed by atoms with van der Waals surface area (Å²) in [4.78, 5) is 22.0. The second kappa shape index (κ2) is 4.59. The molecule has 0 amide bonds. The highest BCUT2D eigenvalue weighted by molar-refractivity contribution is 5.94. The lowest BCUT2D eigenvalue weighted by Crippen LogP contribution is -2.06. The van der Waals surface area contributed by atoms with E-state index in [1.807, 2.05) is 0 Å². The Morgan fingerprint density at radius 2 is 2.00 bits per heavy atom. The molecule has 0 aromatic heterocycles. The van der Waals surface area contributed by atoms with Crippen molar-refractivity contribution in [2.45, 2.75) is 6.92 Å². The van der Waals surface area contributed by atoms with Crippen LogP contribution < -0.4 is 4.74 Å². The predicted octanol–water partition coefficient (Wildman–Crippen LogP) is 1.60. The van der Waals surface area contributed by atoms with Gasteiger partial charge in [-0.05, 0) is 19.1 Å². The van der Waals surface area contributed by atoms with Gasteiger partial charge in [-0.1, -0.05) is 0 Å². The summed E-state index contributed by atoms with van der Waals surface area (Å²) in [5.74, 6) is 0.0227. The zero-order valence-corrected chi connectivity index (χ0v) is 8.87. The van der Waals surface area contributed by atoms with E-state index in [1.54, 1.807) is 13.0 Å². The minimum atomic E-state index is -0.477. The molecular weight excluding hydrogens is 196 g/mol. The summed E-state index contributed by atoms with van der Waals surface area (Å²) in [6, 6.07) is 3.06. The molecule has 0 unspecified atom stereocenters. The van der Waals surface area contributed by atoms with Crippen LogP contribution in [-0.4, -0.2) is 26.5 Å². The number of rotatable bonds is 3. The first-order chi connectivity index (χ1) is 7.13.